The molecule has 4 nitrogen and oxygen atoms in total. The molecule has 0 radical (unpaired) electrons. The molecule has 1 saturated heterocycles. The molecular formula is C17H24N2O2. The van der Waals surface area contributed by atoms with E-state index in [1.54, 1.807) is 12.1 Å². The molecule has 0 saturated carbocycles. The Bertz CT molecular complexity index is 481. The molecule has 0 unspecified atom stereocenters. The number of carbonyl (C=O) groups excluding carboxylic acids is 2. The number of benzene rings is 1. The minimum Gasteiger partial charge on any atom is -0.341 e. The van der Waals surface area contributed by atoms with Crippen molar-refractivity contribution in [1.82, 2.24) is 10.2 Å². The van der Waals surface area contributed by atoms with E-state index in [9.17, 15) is 9.59 Å². The first-order chi connectivity index (χ1) is 10.1. The van der Waals surface area contributed by atoms with E-state index in [1.807, 2.05) is 36.9 Å². The van der Waals surface area contributed by atoms with Crippen molar-refractivity contribution in [3.8, 4) is 0 Å². The third-order valence-corrected chi connectivity index (χ3v) is 4.22. The molecule has 0 aliphatic carbocycles. The van der Waals surface area contributed by atoms with Gasteiger partial charge in [0.2, 0.25) is 5.91 Å². The molecule has 1 aromatic carbocycles. The Balaban J connectivity index is 2.09. The van der Waals surface area contributed by atoms with Crippen LogP contribution in [0.2, 0.25) is 0 Å². The van der Waals surface area contributed by atoms with Crippen molar-refractivity contribution >= 4 is 11.8 Å². The lowest BCUT2D eigenvalue weighted by atomic mass is 9.97. The molecule has 0 aromatic heterocycles. The highest BCUT2D eigenvalue weighted by Gasteiger charge is 2.31. The van der Waals surface area contributed by atoms with Crippen LogP contribution in [0.25, 0.3) is 0 Å². The maximum absolute atomic E-state index is 12.6. The average molecular weight is 288 g/mol. The summed E-state index contributed by atoms with van der Waals surface area (Å²) in [5.41, 5.74) is 0.597. The number of nitrogens with zero attached hydrogens (tertiary/aromatic N) is 1. The van der Waals surface area contributed by atoms with Gasteiger partial charge < -0.3 is 10.2 Å². The Morgan fingerprint density at radius 2 is 1.81 bits per heavy atom. The van der Waals surface area contributed by atoms with E-state index in [0.29, 0.717) is 5.56 Å². The van der Waals surface area contributed by atoms with Gasteiger partial charge in [0.15, 0.2) is 0 Å². The summed E-state index contributed by atoms with van der Waals surface area (Å²) in [5.74, 6) is 0.0188. The summed E-state index contributed by atoms with van der Waals surface area (Å²) in [5, 5.41) is 2.93. The zero-order valence-electron chi connectivity index (χ0n) is 12.8. The van der Waals surface area contributed by atoms with Crippen molar-refractivity contribution < 1.29 is 9.59 Å². The fraction of sp³-hybridized carbons (Fsp3) is 0.529. The summed E-state index contributed by atoms with van der Waals surface area (Å²) < 4.78 is 0. The topological polar surface area (TPSA) is 49.4 Å². The molecule has 2 rings (SSSR count). The van der Waals surface area contributed by atoms with E-state index in [2.05, 4.69) is 5.32 Å². The van der Waals surface area contributed by atoms with Gasteiger partial charge in [-0.2, -0.15) is 0 Å². The average Bonchev–Trinajstić information content (AvgIpc) is 3.06. The molecular weight excluding hydrogens is 264 g/mol. The highest BCUT2D eigenvalue weighted by molar-refractivity contribution is 5.97. The maximum atomic E-state index is 12.6. The van der Waals surface area contributed by atoms with Gasteiger partial charge in [0.05, 0.1) is 0 Å². The SMILES string of the molecule is CC[C@@H](C)[C@H](NC(=O)c1ccccc1)C(=O)N1CCCC1. The van der Waals surface area contributed by atoms with Gasteiger partial charge in [-0.05, 0) is 30.9 Å². The second-order valence-corrected chi connectivity index (χ2v) is 5.74. The highest BCUT2D eigenvalue weighted by Crippen LogP contribution is 2.16. The Labute approximate surface area is 126 Å². The van der Waals surface area contributed by atoms with Crippen molar-refractivity contribution in [2.75, 3.05) is 13.1 Å². The zero-order chi connectivity index (χ0) is 15.2. The predicted molar refractivity (Wildman–Crippen MR) is 83.0 cm³/mol. The molecule has 114 valence electrons. The number of amides is 2. The van der Waals surface area contributed by atoms with E-state index in [-0.39, 0.29) is 17.7 Å². The van der Waals surface area contributed by atoms with Crippen molar-refractivity contribution in [1.29, 1.82) is 0 Å². The standard InChI is InChI=1S/C17H24N2O2/c1-3-13(2)15(17(21)19-11-7-8-12-19)18-16(20)14-9-5-4-6-10-14/h4-6,9-10,13,15H,3,7-8,11-12H2,1-2H3,(H,18,20)/t13-,15+/m1/s1. The van der Waals surface area contributed by atoms with Gasteiger partial charge >= 0.3 is 0 Å². The van der Waals surface area contributed by atoms with Crippen LogP contribution in [0.15, 0.2) is 30.3 Å². The van der Waals surface area contributed by atoms with Crippen LogP contribution in [0, 0.1) is 5.92 Å². The van der Waals surface area contributed by atoms with Crippen LogP contribution in [-0.4, -0.2) is 35.8 Å². The number of carbonyl (C=O) groups is 2. The van der Waals surface area contributed by atoms with E-state index in [4.69, 9.17) is 0 Å². The summed E-state index contributed by atoms with van der Waals surface area (Å²) in [6, 6.07) is 8.64. The molecule has 1 aromatic rings. The summed E-state index contributed by atoms with van der Waals surface area (Å²) >= 11 is 0. The third kappa shape index (κ3) is 3.84. The van der Waals surface area contributed by atoms with Crippen LogP contribution in [0.4, 0.5) is 0 Å². The van der Waals surface area contributed by atoms with Gasteiger partial charge in [0.25, 0.3) is 5.91 Å². The quantitative estimate of drug-likeness (QED) is 0.905. The summed E-state index contributed by atoms with van der Waals surface area (Å²) in [6.45, 7) is 5.69. The van der Waals surface area contributed by atoms with Gasteiger partial charge in [0, 0.05) is 18.7 Å². The zero-order valence-corrected chi connectivity index (χ0v) is 12.8. The molecule has 1 N–H and O–H groups in total. The monoisotopic (exact) mass is 288 g/mol. The lowest BCUT2D eigenvalue weighted by Gasteiger charge is -2.28. The molecule has 1 fully saturated rings. The number of hydrogen-bond donors (Lipinski definition) is 1. The van der Waals surface area contributed by atoms with Gasteiger partial charge in [0.1, 0.15) is 6.04 Å². The molecule has 0 spiro atoms. The smallest absolute Gasteiger partial charge is 0.251 e. The first-order valence-electron chi connectivity index (χ1n) is 7.78. The number of hydrogen-bond acceptors (Lipinski definition) is 2. The van der Waals surface area contributed by atoms with Crippen LogP contribution < -0.4 is 5.32 Å². The molecule has 2 amide bonds. The molecule has 21 heavy (non-hydrogen) atoms. The van der Waals surface area contributed by atoms with Gasteiger partial charge in [-0.1, -0.05) is 38.5 Å². The Morgan fingerprint density at radius 3 is 2.38 bits per heavy atom. The Morgan fingerprint density at radius 1 is 1.19 bits per heavy atom. The van der Waals surface area contributed by atoms with Crippen molar-refractivity contribution in [2.45, 2.75) is 39.2 Å². The first kappa shape index (κ1) is 15.5. The normalized spacial score (nSPS) is 17.3. The minimum absolute atomic E-state index is 0.0612. The largest absolute Gasteiger partial charge is 0.341 e. The first-order valence-corrected chi connectivity index (χ1v) is 7.78. The fourth-order valence-electron chi connectivity index (χ4n) is 2.63. The van der Waals surface area contributed by atoms with Gasteiger partial charge in [-0.25, -0.2) is 0 Å². The van der Waals surface area contributed by atoms with Crippen molar-refractivity contribution in [2.24, 2.45) is 5.92 Å². The van der Waals surface area contributed by atoms with E-state index in [1.165, 1.54) is 0 Å². The lowest BCUT2D eigenvalue weighted by molar-refractivity contribution is -0.133. The predicted octanol–water partition coefficient (Wildman–Crippen LogP) is 2.45. The summed E-state index contributed by atoms with van der Waals surface area (Å²) in [6.07, 6.45) is 2.98. The second-order valence-electron chi connectivity index (χ2n) is 5.74. The van der Waals surface area contributed by atoms with Crippen molar-refractivity contribution in [3.63, 3.8) is 0 Å². The Hall–Kier alpha value is -1.84. The minimum atomic E-state index is -0.430. The Kier molecular flexibility index (Phi) is 5.37. The maximum Gasteiger partial charge on any atom is 0.251 e. The number of nitrogens with one attached hydrogen (secondary N) is 1. The highest BCUT2D eigenvalue weighted by atomic mass is 16.2. The molecule has 4 heteroatoms. The van der Waals surface area contributed by atoms with Crippen molar-refractivity contribution in [3.05, 3.63) is 35.9 Å². The van der Waals surface area contributed by atoms with Crippen LogP contribution in [0.3, 0.4) is 0 Å². The molecule has 1 aliphatic heterocycles. The second kappa shape index (κ2) is 7.25. The lowest BCUT2D eigenvalue weighted by Crippen LogP contribution is -2.51. The molecule has 1 heterocycles. The summed E-state index contributed by atoms with van der Waals surface area (Å²) in [4.78, 5) is 26.8. The number of likely N-dealkylation sites (tertiary alicyclic amines) is 1. The third-order valence-electron chi connectivity index (χ3n) is 4.22. The number of rotatable bonds is 5. The van der Waals surface area contributed by atoms with Crippen LogP contribution >= 0.6 is 0 Å². The van der Waals surface area contributed by atoms with Gasteiger partial charge in [-0.3, -0.25) is 9.59 Å². The van der Waals surface area contributed by atoms with Gasteiger partial charge in [-0.15, -0.1) is 0 Å². The van der Waals surface area contributed by atoms with Crippen LogP contribution in [0.5, 0.6) is 0 Å². The van der Waals surface area contributed by atoms with E-state index >= 15 is 0 Å². The van der Waals surface area contributed by atoms with Crippen LogP contribution in [0.1, 0.15) is 43.5 Å². The fourth-order valence-corrected chi connectivity index (χ4v) is 2.63. The van der Waals surface area contributed by atoms with E-state index < -0.39 is 6.04 Å². The molecule has 2 atom stereocenters. The molecule has 1 aliphatic rings. The van der Waals surface area contributed by atoms with Crippen LogP contribution in [-0.2, 0) is 4.79 Å². The summed E-state index contributed by atoms with van der Waals surface area (Å²) in [7, 11) is 0. The molecule has 0 bridgehead atoms. The van der Waals surface area contributed by atoms with E-state index in [0.717, 1.165) is 32.4 Å².